The Morgan fingerprint density at radius 2 is 1.90 bits per heavy atom. The lowest BCUT2D eigenvalue weighted by Gasteiger charge is -2.28. The van der Waals surface area contributed by atoms with Crippen LogP contribution >= 0.6 is 0 Å². The van der Waals surface area contributed by atoms with Crippen molar-refractivity contribution in [3.8, 4) is 0 Å². The molecule has 1 aromatic rings. The molecule has 1 saturated carbocycles. The van der Waals surface area contributed by atoms with Crippen LogP contribution in [0.3, 0.4) is 0 Å². The average Bonchev–Trinajstić information content (AvgIpc) is 2.84. The molecule has 0 amide bonds. The summed E-state index contributed by atoms with van der Waals surface area (Å²) in [4.78, 5) is 24.0. The predicted molar refractivity (Wildman–Crippen MR) is 78.3 cm³/mol. The van der Waals surface area contributed by atoms with Crippen molar-refractivity contribution in [2.75, 3.05) is 20.1 Å². The SMILES string of the molecule is CN(CC(=O)c1ccc([N+](=O)[O-])cc1)CC1(O)CCCC1. The van der Waals surface area contributed by atoms with Crippen LogP contribution in [0, 0.1) is 10.1 Å². The maximum Gasteiger partial charge on any atom is 0.269 e. The van der Waals surface area contributed by atoms with Crippen LogP contribution in [0.5, 0.6) is 0 Å². The van der Waals surface area contributed by atoms with Gasteiger partial charge in [-0.15, -0.1) is 0 Å². The molecule has 0 aromatic heterocycles. The van der Waals surface area contributed by atoms with Gasteiger partial charge < -0.3 is 5.11 Å². The van der Waals surface area contributed by atoms with Crippen LogP contribution in [-0.2, 0) is 0 Å². The number of hydrogen-bond acceptors (Lipinski definition) is 5. The number of Topliss-reactive ketones (excluding diaryl/α,β-unsaturated/α-hetero) is 1. The number of aliphatic hydroxyl groups is 1. The third-order valence-electron chi connectivity index (χ3n) is 3.91. The molecule has 6 heteroatoms. The zero-order chi connectivity index (χ0) is 15.5. The summed E-state index contributed by atoms with van der Waals surface area (Å²) in [6, 6.07) is 5.60. The van der Waals surface area contributed by atoms with E-state index in [4.69, 9.17) is 0 Å². The maximum atomic E-state index is 12.1. The van der Waals surface area contributed by atoms with Crippen molar-refractivity contribution in [1.29, 1.82) is 0 Å². The Kier molecular flexibility index (Phi) is 4.69. The number of carbonyl (C=O) groups excluding carboxylic acids is 1. The van der Waals surface area contributed by atoms with Crippen LogP contribution in [0.1, 0.15) is 36.0 Å². The summed E-state index contributed by atoms with van der Waals surface area (Å²) in [5.41, 5.74) is -0.254. The van der Waals surface area contributed by atoms with E-state index in [0.717, 1.165) is 25.7 Å². The molecule has 114 valence electrons. The lowest BCUT2D eigenvalue weighted by molar-refractivity contribution is -0.384. The van der Waals surface area contributed by atoms with E-state index in [2.05, 4.69) is 0 Å². The number of nitro groups is 1. The van der Waals surface area contributed by atoms with Crippen LogP contribution in [-0.4, -0.2) is 46.5 Å². The van der Waals surface area contributed by atoms with E-state index in [0.29, 0.717) is 12.1 Å². The first-order chi connectivity index (χ1) is 9.89. The first kappa shape index (κ1) is 15.6. The van der Waals surface area contributed by atoms with Crippen molar-refractivity contribution in [3.05, 3.63) is 39.9 Å². The van der Waals surface area contributed by atoms with E-state index in [9.17, 15) is 20.0 Å². The second-order valence-electron chi connectivity index (χ2n) is 5.83. The average molecular weight is 292 g/mol. The maximum absolute atomic E-state index is 12.1. The summed E-state index contributed by atoms with van der Waals surface area (Å²) in [7, 11) is 1.81. The van der Waals surface area contributed by atoms with Gasteiger partial charge >= 0.3 is 0 Å². The molecule has 1 aromatic carbocycles. The molecule has 1 N–H and O–H groups in total. The Labute approximate surface area is 123 Å². The van der Waals surface area contributed by atoms with Crippen LogP contribution in [0.4, 0.5) is 5.69 Å². The Morgan fingerprint density at radius 3 is 2.43 bits per heavy atom. The Balaban J connectivity index is 1.92. The Hall–Kier alpha value is -1.79. The zero-order valence-corrected chi connectivity index (χ0v) is 12.1. The second kappa shape index (κ2) is 6.32. The highest BCUT2D eigenvalue weighted by Crippen LogP contribution is 2.29. The normalized spacial score (nSPS) is 17.1. The number of carbonyl (C=O) groups is 1. The number of likely N-dealkylation sites (N-methyl/N-ethyl adjacent to an activating group) is 1. The van der Waals surface area contributed by atoms with Crippen LogP contribution in [0.25, 0.3) is 0 Å². The summed E-state index contributed by atoms with van der Waals surface area (Å²) in [6.45, 7) is 0.672. The fraction of sp³-hybridized carbons (Fsp3) is 0.533. The van der Waals surface area contributed by atoms with E-state index >= 15 is 0 Å². The molecule has 2 rings (SSSR count). The monoisotopic (exact) mass is 292 g/mol. The minimum Gasteiger partial charge on any atom is -0.389 e. The van der Waals surface area contributed by atoms with Gasteiger partial charge in [0.1, 0.15) is 0 Å². The molecule has 1 fully saturated rings. The van der Waals surface area contributed by atoms with Gasteiger partial charge in [0.25, 0.3) is 5.69 Å². The summed E-state index contributed by atoms with van der Waals surface area (Å²) in [5.74, 6) is -0.103. The third kappa shape index (κ3) is 4.09. The van der Waals surface area contributed by atoms with Crippen LogP contribution in [0.2, 0.25) is 0 Å². The number of benzene rings is 1. The molecule has 0 bridgehead atoms. The van der Waals surface area contributed by atoms with E-state index in [1.165, 1.54) is 24.3 Å². The van der Waals surface area contributed by atoms with E-state index in [1.54, 1.807) is 7.05 Å². The molecule has 6 nitrogen and oxygen atoms in total. The lowest BCUT2D eigenvalue weighted by atomic mass is 10.0. The topological polar surface area (TPSA) is 83.7 Å². The highest BCUT2D eigenvalue weighted by atomic mass is 16.6. The van der Waals surface area contributed by atoms with Crippen molar-refractivity contribution in [1.82, 2.24) is 4.90 Å². The molecule has 0 heterocycles. The Morgan fingerprint density at radius 1 is 1.33 bits per heavy atom. The number of hydrogen-bond donors (Lipinski definition) is 1. The number of ketones is 1. The van der Waals surface area contributed by atoms with E-state index < -0.39 is 10.5 Å². The molecule has 21 heavy (non-hydrogen) atoms. The first-order valence-electron chi connectivity index (χ1n) is 7.08. The summed E-state index contributed by atoms with van der Waals surface area (Å²) in [5, 5.41) is 20.9. The van der Waals surface area contributed by atoms with Gasteiger partial charge in [-0.1, -0.05) is 12.8 Å². The molecule has 0 spiro atoms. The summed E-state index contributed by atoms with van der Waals surface area (Å²) >= 11 is 0. The highest BCUT2D eigenvalue weighted by molar-refractivity contribution is 5.97. The minimum absolute atomic E-state index is 0.0276. The number of nitrogens with zero attached hydrogens (tertiary/aromatic N) is 2. The van der Waals surface area contributed by atoms with Crippen molar-refractivity contribution in [3.63, 3.8) is 0 Å². The number of nitro benzene ring substituents is 1. The van der Waals surface area contributed by atoms with Gasteiger partial charge in [-0.25, -0.2) is 0 Å². The van der Waals surface area contributed by atoms with Gasteiger partial charge in [0.15, 0.2) is 5.78 Å². The van der Waals surface area contributed by atoms with Crippen LogP contribution in [0.15, 0.2) is 24.3 Å². The quantitative estimate of drug-likeness (QED) is 0.492. The first-order valence-corrected chi connectivity index (χ1v) is 7.08. The fourth-order valence-electron chi connectivity index (χ4n) is 2.86. The molecule has 1 aliphatic carbocycles. The second-order valence-corrected chi connectivity index (χ2v) is 5.83. The predicted octanol–water partition coefficient (Wildman–Crippen LogP) is 2.01. The molecule has 0 saturated heterocycles. The lowest BCUT2D eigenvalue weighted by Crippen LogP contribution is -2.41. The van der Waals surface area contributed by atoms with Gasteiger partial charge in [0, 0.05) is 24.2 Å². The molecular formula is C15H20N2O4. The molecular weight excluding hydrogens is 272 g/mol. The van der Waals surface area contributed by atoms with E-state index in [-0.39, 0.29) is 18.0 Å². The van der Waals surface area contributed by atoms with Crippen molar-refractivity contribution >= 4 is 11.5 Å². The van der Waals surface area contributed by atoms with Crippen molar-refractivity contribution in [2.45, 2.75) is 31.3 Å². The molecule has 0 radical (unpaired) electrons. The summed E-state index contributed by atoms with van der Waals surface area (Å²) in [6.07, 6.45) is 3.62. The number of non-ortho nitro benzene ring substituents is 1. The molecule has 0 atom stereocenters. The molecule has 0 unspecified atom stereocenters. The molecule has 1 aliphatic rings. The van der Waals surface area contributed by atoms with Gasteiger partial charge in [-0.3, -0.25) is 19.8 Å². The van der Waals surface area contributed by atoms with E-state index in [1.807, 2.05) is 4.90 Å². The highest BCUT2D eigenvalue weighted by Gasteiger charge is 2.32. The standard InChI is InChI=1S/C15H20N2O4/c1-16(11-15(19)8-2-3-9-15)10-14(18)12-4-6-13(7-5-12)17(20)21/h4-7,19H,2-3,8-11H2,1H3. The van der Waals surface area contributed by atoms with Crippen molar-refractivity contribution in [2.24, 2.45) is 0 Å². The number of rotatable bonds is 6. The van der Waals surface area contributed by atoms with Gasteiger partial charge in [-0.2, -0.15) is 0 Å². The fourth-order valence-corrected chi connectivity index (χ4v) is 2.86. The molecule has 0 aliphatic heterocycles. The summed E-state index contributed by atoms with van der Waals surface area (Å²) < 4.78 is 0. The van der Waals surface area contributed by atoms with Gasteiger partial charge in [0.05, 0.1) is 17.1 Å². The van der Waals surface area contributed by atoms with Crippen LogP contribution < -0.4 is 0 Å². The third-order valence-corrected chi connectivity index (χ3v) is 3.91. The van der Waals surface area contributed by atoms with Crippen molar-refractivity contribution < 1.29 is 14.8 Å². The van der Waals surface area contributed by atoms with Gasteiger partial charge in [-0.05, 0) is 32.0 Å². The zero-order valence-electron chi connectivity index (χ0n) is 12.1. The van der Waals surface area contributed by atoms with Gasteiger partial charge in [0.2, 0.25) is 0 Å². The minimum atomic E-state index is -0.676. The Bertz CT molecular complexity index is 521. The largest absolute Gasteiger partial charge is 0.389 e. The smallest absolute Gasteiger partial charge is 0.269 e.